The summed E-state index contributed by atoms with van der Waals surface area (Å²) >= 11 is 0. The zero-order valence-corrected chi connectivity index (χ0v) is 27.4. The van der Waals surface area contributed by atoms with Gasteiger partial charge in [-0.1, -0.05) is 30.3 Å². The van der Waals surface area contributed by atoms with Gasteiger partial charge < -0.3 is 34.5 Å². The molecule has 3 aromatic heterocycles. The number of aromatic nitrogens is 3. The number of carbonyl (C=O) groups excluding carboxylic acids is 2. The van der Waals surface area contributed by atoms with Crippen molar-refractivity contribution in [1.29, 1.82) is 0 Å². The van der Waals surface area contributed by atoms with Gasteiger partial charge in [0.05, 0.1) is 41.6 Å². The number of hydrogen-bond donors (Lipinski definition) is 2. The van der Waals surface area contributed by atoms with E-state index in [2.05, 4.69) is 30.5 Å². The Morgan fingerprint density at radius 2 is 1.92 bits per heavy atom. The van der Waals surface area contributed by atoms with E-state index >= 15 is 4.39 Å². The molecule has 2 bridgehead atoms. The minimum Gasteiger partial charge on any atom is -0.480 e. The molecule has 0 unspecified atom stereocenters. The minimum absolute atomic E-state index is 0.0110. The molecule has 2 saturated heterocycles. The lowest BCUT2D eigenvalue weighted by Crippen LogP contribution is -2.62. The van der Waals surface area contributed by atoms with Crippen LogP contribution < -0.4 is 25.0 Å². The third-order valence-corrected chi connectivity index (χ3v) is 9.88. The van der Waals surface area contributed by atoms with Crippen molar-refractivity contribution in [3.63, 3.8) is 0 Å². The van der Waals surface area contributed by atoms with Crippen LogP contribution >= 0.6 is 0 Å². The summed E-state index contributed by atoms with van der Waals surface area (Å²) in [4.78, 5) is 39.5. The maximum atomic E-state index is 15.3. The maximum Gasteiger partial charge on any atom is 0.407 e. The number of nitrogens with one attached hydrogen (secondary N) is 2. The number of ether oxygens (including phenoxy) is 4. The average molecular weight is 671 g/mol. The lowest BCUT2D eigenvalue weighted by Gasteiger charge is -2.56. The van der Waals surface area contributed by atoms with Crippen molar-refractivity contribution < 1.29 is 32.9 Å². The first-order valence-electron chi connectivity index (χ1n) is 16.6. The Hall–Kier alpha value is -5.04. The third kappa shape index (κ3) is 7.07. The summed E-state index contributed by atoms with van der Waals surface area (Å²) in [6.45, 7) is 1.41. The average Bonchev–Trinajstić information content (AvgIpc) is 3.14. The van der Waals surface area contributed by atoms with Crippen LogP contribution in [0.1, 0.15) is 49.7 Å². The molecule has 2 N–H and O–H groups in total. The summed E-state index contributed by atoms with van der Waals surface area (Å²) in [7, 11) is 2.02. The molecule has 6 heterocycles. The van der Waals surface area contributed by atoms with Gasteiger partial charge in [-0.05, 0) is 68.7 Å². The third-order valence-electron chi connectivity index (χ3n) is 9.88. The number of rotatable bonds is 12. The normalized spacial score (nSPS) is 21.0. The Bertz CT molecular complexity index is 1820. The van der Waals surface area contributed by atoms with Crippen molar-refractivity contribution in [3.05, 3.63) is 77.7 Å². The van der Waals surface area contributed by atoms with Crippen molar-refractivity contribution >= 4 is 34.7 Å². The number of aryl methyl sites for hydroxylation is 1. The zero-order valence-electron chi connectivity index (χ0n) is 27.4. The molecule has 0 radical (unpaired) electrons. The number of anilines is 2. The minimum atomic E-state index is -0.491. The highest BCUT2D eigenvalue weighted by atomic mass is 19.1. The van der Waals surface area contributed by atoms with Gasteiger partial charge in [-0.15, -0.1) is 0 Å². The molecular weight excluding hydrogens is 631 g/mol. The van der Waals surface area contributed by atoms with Gasteiger partial charge in [0, 0.05) is 25.2 Å². The molecule has 13 heteroatoms. The van der Waals surface area contributed by atoms with E-state index in [4.69, 9.17) is 18.9 Å². The second kappa shape index (κ2) is 13.8. The standard InChI is InChI=1S/C36H39FN6O6/c1-43(29-10-9-28-33(40-29)41-30(44)22-47-28)35-14-16-36(17-15-35,49-23-35)13-12-25-26(37)20-39-27-8-11-31(42-32(25)27)46-19-5-18-38-34(45)48-21-24-6-3-2-4-7-24/h2-4,6-11,20H,5,12-19,21-23H2,1H3,(H,38,45)(H,40,41,44). The molecule has 3 aliphatic heterocycles. The molecule has 0 atom stereocenters. The molecule has 4 aliphatic rings. The first kappa shape index (κ1) is 32.5. The molecule has 2 amide bonds. The summed E-state index contributed by atoms with van der Waals surface area (Å²) in [5.74, 6) is 1.49. The van der Waals surface area contributed by atoms with E-state index in [1.807, 2.05) is 49.5 Å². The van der Waals surface area contributed by atoms with Crippen LogP contribution in [0.3, 0.4) is 0 Å². The fraction of sp³-hybridized carbons (Fsp3) is 0.417. The van der Waals surface area contributed by atoms with Crippen LogP contribution in [0.15, 0.2) is 60.8 Å². The van der Waals surface area contributed by atoms with Crippen molar-refractivity contribution in [1.82, 2.24) is 20.3 Å². The molecule has 8 rings (SSSR count). The Morgan fingerprint density at radius 1 is 1.08 bits per heavy atom. The van der Waals surface area contributed by atoms with Gasteiger partial charge in [-0.2, -0.15) is 0 Å². The summed E-state index contributed by atoms with van der Waals surface area (Å²) in [6.07, 6.45) is 5.88. The van der Waals surface area contributed by atoms with Gasteiger partial charge in [0.1, 0.15) is 18.2 Å². The number of alkyl carbamates (subject to hydrolysis) is 1. The van der Waals surface area contributed by atoms with Gasteiger partial charge in [-0.25, -0.2) is 19.2 Å². The highest BCUT2D eigenvalue weighted by Crippen LogP contribution is 2.49. The SMILES string of the molecule is CN(c1ccc2c(n1)NC(=O)CO2)C12CCC(CCc3c(F)cnc4ccc(OCCCNC(=O)OCc5ccccc5)nc34)(CC1)OC2. The van der Waals surface area contributed by atoms with Gasteiger partial charge in [-0.3, -0.25) is 9.78 Å². The van der Waals surface area contributed by atoms with E-state index in [0.717, 1.165) is 37.1 Å². The molecule has 0 spiro atoms. The van der Waals surface area contributed by atoms with Crippen LogP contribution in [0.4, 0.5) is 20.8 Å². The van der Waals surface area contributed by atoms with E-state index in [1.54, 1.807) is 12.1 Å². The van der Waals surface area contributed by atoms with Crippen LogP contribution in [0, 0.1) is 5.82 Å². The van der Waals surface area contributed by atoms with Gasteiger partial charge in [0.25, 0.3) is 5.91 Å². The topological polar surface area (TPSA) is 137 Å². The summed E-state index contributed by atoms with van der Waals surface area (Å²) < 4.78 is 38.4. The summed E-state index contributed by atoms with van der Waals surface area (Å²) in [5, 5.41) is 5.50. The van der Waals surface area contributed by atoms with Gasteiger partial charge >= 0.3 is 6.09 Å². The van der Waals surface area contributed by atoms with Gasteiger partial charge in [0.2, 0.25) is 5.88 Å². The van der Waals surface area contributed by atoms with Crippen LogP contribution in [0.5, 0.6) is 11.6 Å². The monoisotopic (exact) mass is 670 g/mol. The molecular formula is C36H39FN6O6. The van der Waals surface area contributed by atoms with Crippen molar-refractivity contribution in [2.45, 2.75) is 62.7 Å². The Balaban J connectivity index is 0.925. The number of fused-ring (bicyclic) bond motifs is 5. The Kier molecular flexibility index (Phi) is 9.17. The molecule has 12 nitrogen and oxygen atoms in total. The number of benzene rings is 1. The number of halogens is 1. The fourth-order valence-electron chi connectivity index (χ4n) is 6.85. The van der Waals surface area contributed by atoms with Crippen LogP contribution in [-0.2, 0) is 27.3 Å². The molecule has 3 fully saturated rings. The summed E-state index contributed by atoms with van der Waals surface area (Å²) in [6, 6.07) is 16.7. The number of amides is 2. The van der Waals surface area contributed by atoms with Crippen molar-refractivity contribution in [2.24, 2.45) is 0 Å². The molecule has 1 aliphatic carbocycles. The van der Waals surface area contributed by atoms with E-state index in [1.165, 1.54) is 6.20 Å². The lowest BCUT2D eigenvalue weighted by molar-refractivity contribution is -0.156. The molecule has 4 aromatic rings. The van der Waals surface area contributed by atoms with E-state index in [0.29, 0.717) is 73.1 Å². The number of pyridine rings is 3. The Labute approximate surface area is 283 Å². The van der Waals surface area contributed by atoms with Crippen LogP contribution in [-0.4, -0.2) is 71.5 Å². The first-order chi connectivity index (χ1) is 23.8. The zero-order chi connectivity index (χ0) is 33.8. The van der Waals surface area contributed by atoms with Crippen molar-refractivity contribution in [3.8, 4) is 11.6 Å². The quantitative estimate of drug-likeness (QED) is 0.190. The largest absolute Gasteiger partial charge is 0.480 e. The molecule has 1 aromatic carbocycles. The predicted molar refractivity (Wildman–Crippen MR) is 179 cm³/mol. The number of hydrogen-bond acceptors (Lipinski definition) is 10. The number of nitrogens with zero attached hydrogens (tertiary/aromatic N) is 4. The highest BCUT2D eigenvalue weighted by molar-refractivity contribution is 5.94. The smallest absolute Gasteiger partial charge is 0.407 e. The molecule has 49 heavy (non-hydrogen) atoms. The Morgan fingerprint density at radius 3 is 2.71 bits per heavy atom. The number of likely N-dealkylation sites (N-methyl/N-ethyl adjacent to an activating group) is 1. The second-order valence-corrected chi connectivity index (χ2v) is 12.9. The van der Waals surface area contributed by atoms with Crippen molar-refractivity contribution in [2.75, 3.05) is 43.6 Å². The summed E-state index contributed by atoms with van der Waals surface area (Å²) in [5.41, 5.74) is 1.92. The fourth-order valence-corrected chi connectivity index (χ4v) is 6.85. The van der Waals surface area contributed by atoms with Gasteiger partial charge in [0.15, 0.2) is 18.2 Å². The van der Waals surface area contributed by atoms with Crippen LogP contribution in [0.25, 0.3) is 11.0 Å². The highest BCUT2D eigenvalue weighted by Gasteiger charge is 2.52. The van der Waals surface area contributed by atoms with E-state index in [9.17, 15) is 9.59 Å². The maximum absolute atomic E-state index is 15.3. The first-order valence-corrected chi connectivity index (χ1v) is 16.6. The lowest BCUT2D eigenvalue weighted by atomic mass is 9.68. The van der Waals surface area contributed by atoms with Crippen LogP contribution in [0.2, 0.25) is 0 Å². The van der Waals surface area contributed by atoms with E-state index < -0.39 is 11.9 Å². The number of carbonyl (C=O) groups is 2. The van der Waals surface area contributed by atoms with E-state index in [-0.39, 0.29) is 30.3 Å². The molecule has 256 valence electrons. The second-order valence-electron chi connectivity index (χ2n) is 12.9. The molecule has 1 saturated carbocycles. The predicted octanol–water partition coefficient (Wildman–Crippen LogP) is 5.34.